The second-order valence-electron chi connectivity index (χ2n) is 5.93. The summed E-state index contributed by atoms with van der Waals surface area (Å²) in [5.41, 5.74) is 2.03. The fraction of sp³-hybridized carbons (Fsp3) is 0.529. The molecular weight excluding hydrogens is 278 g/mol. The number of aryl methyl sites for hydroxylation is 1. The number of carbonyl (C=O) groups is 2. The Morgan fingerprint density at radius 2 is 2.05 bits per heavy atom. The van der Waals surface area contributed by atoms with Gasteiger partial charge in [-0.2, -0.15) is 0 Å². The lowest BCUT2D eigenvalue weighted by Gasteiger charge is -2.17. The Morgan fingerprint density at radius 1 is 1.36 bits per heavy atom. The molecule has 1 heterocycles. The van der Waals surface area contributed by atoms with E-state index in [0.29, 0.717) is 19.5 Å². The molecule has 2 amide bonds. The van der Waals surface area contributed by atoms with Gasteiger partial charge in [-0.3, -0.25) is 9.59 Å². The first-order valence-electron chi connectivity index (χ1n) is 7.84. The van der Waals surface area contributed by atoms with Crippen molar-refractivity contribution in [1.29, 1.82) is 0 Å². The van der Waals surface area contributed by atoms with E-state index in [-0.39, 0.29) is 17.7 Å². The van der Waals surface area contributed by atoms with Crippen molar-refractivity contribution < 1.29 is 9.59 Å². The number of rotatable bonds is 6. The van der Waals surface area contributed by atoms with Crippen LogP contribution in [0.2, 0.25) is 0 Å². The van der Waals surface area contributed by atoms with Crippen LogP contribution in [0.1, 0.15) is 18.9 Å². The Balaban J connectivity index is 1.88. The molecule has 5 nitrogen and oxygen atoms in total. The monoisotopic (exact) mass is 303 g/mol. The summed E-state index contributed by atoms with van der Waals surface area (Å²) in [6, 6.07) is 7.83. The van der Waals surface area contributed by atoms with Gasteiger partial charge >= 0.3 is 0 Å². The molecule has 2 rings (SSSR count). The molecule has 1 N–H and O–H groups in total. The van der Waals surface area contributed by atoms with Gasteiger partial charge in [0.05, 0.1) is 5.92 Å². The van der Waals surface area contributed by atoms with Gasteiger partial charge in [-0.05, 0) is 32.6 Å². The molecule has 0 aromatic heterocycles. The summed E-state index contributed by atoms with van der Waals surface area (Å²) in [4.78, 5) is 28.2. The van der Waals surface area contributed by atoms with E-state index in [0.717, 1.165) is 24.3 Å². The van der Waals surface area contributed by atoms with Crippen LogP contribution in [0, 0.1) is 12.8 Å². The topological polar surface area (TPSA) is 52.7 Å². The smallest absolute Gasteiger partial charge is 0.227 e. The maximum atomic E-state index is 12.2. The Bertz CT molecular complexity index is 527. The molecular formula is C17H25N3O2. The van der Waals surface area contributed by atoms with E-state index >= 15 is 0 Å². The Hall–Kier alpha value is -1.88. The largest absolute Gasteiger partial charge is 0.355 e. The number of hydrogen-bond acceptors (Lipinski definition) is 3. The van der Waals surface area contributed by atoms with Gasteiger partial charge in [-0.1, -0.05) is 24.6 Å². The van der Waals surface area contributed by atoms with Crippen LogP contribution in [0.15, 0.2) is 24.3 Å². The number of amides is 2. The Kier molecular flexibility index (Phi) is 5.55. The molecule has 1 atom stereocenters. The van der Waals surface area contributed by atoms with E-state index in [1.54, 1.807) is 4.90 Å². The predicted molar refractivity (Wildman–Crippen MR) is 87.8 cm³/mol. The third-order valence-corrected chi connectivity index (χ3v) is 4.17. The summed E-state index contributed by atoms with van der Waals surface area (Å²) in [5, 5.41) is 2.93. The van der Waals surface area contributed by atoms with Gasteiger partial charge in [0, 0.05) is 31.7 Å². The predicted octanol–water partition coefficient (Wildman–Crippen LogP) is 1.42. The number of nitrogens with zero attached hydrogens (tertiary/aromatic N) is 2. The zero-order valence-electron chi connectivity index (χ0n) is 13.6. The van der Waals surface area contributed by atoms with E-state index in [1.807, 2.05) is 38.2 Å². The van der Waals surface area contributed by atoms with Gasteiger partial charge in [0.2, 0.25) is 11.8 Å². The van der Waals surface area contributed by atoms with E-state index in [9.17, 15) is 9.59 Å². The molecule has 0 saturated carbocycles. The van der Waals surface area contributed by atoms with Crippen molar-refractivity contribution in [1.82, 2.24) is 10.2 Å². The Morgan fingerprint density at radius 3 is 2.68 bits per heavy atom. The molecule has 1 aliphatic rings. The molecule has 1 aliphatic heterocycles. The van der Waals surface area contributed by atoms with Crippen molar-refractivity contribution in [2.24, 2.45) is 5.92 Å². The lowest BCUT2D eigenvalue weighted by Crippen LogP contribution is -2.37. The van der Waals surface area contributed by atoms with Gasteiger partial charge in [-0.25, -0.2) is 0 Å². The second kappa shape index (κ2) is 7.40. The highest BCUT2D eigenvalue weighted by Crippen LogP contribution is 2.25. The van der Waals surface area contributed by atoms with Crippen molar-refractivity contribution in [2.45, 2.75) is 20.3 Å². The molecule has 0 unspecified atom stereocenters. The molecule has 1 aromatic rings. The highest BCUT2D eigenvalue weighted by Gasteiger charge is 2.34. The average Bonchev–Trinajstić information content (AvgIpc) is 2.90. The number of anilines is 1. The first-order chi connectivity index (χ1) is 10.5. The average molecular weight is 303 g/mol. The Labute approximate surface area is 132 Å². The highest BCUT2D eigenvalue weighted by molar-refractivity contribution is 6.00. The van der Waals surface area contributed by atoms with E-state index in [1.165, 1.54) is 0 Å². The van der Waals surface area contributed by atoms with Gasteiger partial charge in [-0.15, -0.1) is 0 Å². The molecule has 1 aromatic carbocycles. The van der Waals surface area contributed by atoms with Crippen molar-refractivity contribution in [2.75, 3.05) is 38.1 Å². The summed E-state index contributed by atoms with van der Waals surface area (Å²) in [5.74, 6) is -0.247. The minimum atomic E-state index is -0.249. The van der Waals surface area contributed by atoms with Crippen LogP contribution in [-0.4, -0.2) is 49.9 Å². The molecule has 0 spiro atoms. The van der Waals surface area contributed by atoms with Crippen LogP contribution in [-0.2, 0) is 9.59 Å². The van der Waals surface area contributed by atoms with Gasteiger partial charge < -0.3 is 15.1 Å². The lowest BCUT2D eigenvalue weighted by atomic mass is 10.1. The number of carbonyl (C=O) groups excluding carboxylic acids is 2. The van der Waals surface area contributed by atoms with Crippen molar-refractivity contribution >= 4 is 17.5 Å². The van der Waals surface area contributed by atoms with Crippen LogP contribution in [0.4, 0.5) is 5.69 Å². The van der Waals surface area contributed by atoms with Crippen LogP contribution < -0.4 is 10.2 Å². The standard InChI is InChI=1S/C17H25N3O2/c1-4-19(3)10-9-18-17(22)14-11-16(21)20(12-14)15-7-5-13(2)6-8-15/h5-8,14H,4,9-12H2,1-3H3,(H,18,22)/t14-/m0/s1. The molecule has 0 bridgehead atoms. The fourth-order valence-corrected chi connectivity index (χ4v) is 2.53. The first kappa shape index (κ1) is 16.5. The van der Waals surface area contributed by atoms with E-state index < -0.39 is 0 Å². The van der Waals surface area contributed by atoms with Crippen LogP contribution >= 0.6 is 0 Å². The molecule has 0 aliphatic carbocycles. The summed E-state index contributed by atoms with van der Waals surface area (Å²) in [6.45, 7) is 6.97. The number of nitrogens with one attached hydrogen (secondary N) is 1. The summed E-state index contributed by atoms with van der Waals surface area (Å²) in [6.07, 6.45) is 0.295. The molecule has 120 valence electrons. The van der Waals surface area contributed by atoms with Gasteiger partial charge in [0.1, 0.15) is 0 Å². The molecule has 0 radical (unpaired) electrons. The van der Waals surface area contributed by atoms with E-state index in [2.05, 4.69) is 17.1 Å². The normalized spacial score (nSPS) is 18.1. The van der Waals surface area contributed by atoms with Crippen molar-refractivity contribution in [3.05, 3.63) is 29.8 Å². The number of benzene rings is 1. The quantitative estimate of drug-likeness (QED) is 0.864. The van der Waals surface area contributed by atoms with Crippen LogP contribution in [0.25, 0.3) is 0 Å². The summed E-state index contributed by atoms with van der Waals surface area (Å²) >= 11 is 0. The number of likely N-dealkylation sites (N-methyl/N-ethyl adjacent to an activating group) is 1. The zero-order chi connectivity index (χ0) is 16.1. The van der Waals surface area contributed by atoms with Crippen molar-refractivity contribution in [3.8, 4) is 0 Å². The zero-order valence-corrected chi connectivity index (χ0v) is 13.6. The summed E-state index contributed by atoms with van der Waals surface area (Å²) in [7, 11) is 2.02. The molecule has 1 saturated heterocycles. The number of hydrogen-bond donors (Lipinski definition) is 1. The minimum Gasteiger partial charge on any atom is -0.355 e. The minimum absolute atomic E-state index is 0.0209. The molecule has 5 heteroatoms. The maximum Gasteiger partial charge on any atom is 0.227 e. The summed E-state index contributed by atoms with van der Waals surface area (Å²) < 4.78 is 0. The van der Waals surface area contributed by atoms with E-state index in [4.69, 9.17) is 0 Å². The van der Waals surface area contributed by atoms with Gasteiger partial charge in [0.25, 0.3) is 0 Å². The fourth-order valence-electron chi connectivity index (χ4n) is 2.53. The van der Waals surface area contributed by atoms with Gasteiger partial charge in [0.15, 0.2) is 0 Å². The maximum absolute atomic E-state index is 12.2. The highest BCUT2D eigenvalue weighted by atomic mass is 16.2. The lowest BCUT2D eigenvalue weighted by molar-refractivity contribution is -0.126. The third-order valence-electron chi connectivity index (χ3n) is 4.17. The SMILES string of the molecule is CCN(C)CCNC(=O)[C@H]1CC(=O)N(c2ccc(C)cc2)C1. The first-order valence-corrected chi connectivity index (χ1v) is 7.84. The van der Waals surface area contributed by atoms with Crippen molar-refractivity contribution in [3.63, 3.8) is 0 Å². The van der Waals surface area contributed by atoms with Crippen LogP contribution in [0.3, 0.4) is 0 Å². The molecule has 1 fully saturated rings. The third kappa shape index (κ3) is 4.07. The molecule has 22 heavy (non-hydrogen) atoms. The second-order valence-corrected chi connectivity index (χ2v) is 5.93. The van der Waals surface area contributed by atoms with Crippen LogP contribution in [0.5, 0.6) is 0 Å².